The van der Waals surface area contributed by atoms with Gasteiger partial charge >= 0.3 is 5.97 Å². The Kier molecular flexibility index (Phi) is 6.08. The van der Waals surface area contributed by atoms with Gasteiger partial charge in [-0.3, -0.25) is 9.59 Å². The molecule has 104 valence electrons. The number of halogens is 2. The quantitative estimate of drug-likeness (QED) is 0.754. The molecule has 0 radical (unpaired) electrons. The van der Waals surface area contributed by atoms with Crippen molar-refractivity contribution in [2.45, 2.75) is 19.4 Å². The lowest BCUT2D eigenvalue weighted by molar-refractivity contribution is -0.139. The van der Waals surface area contributed by atoms with Gasteiger partial charge < -0.3 is 15.7 Å². The smallest absolute Gasteiger partial charge is 0.320 e. The summed E-state index contributed by atoms with van der Waals surface area (Å²) in [4.78, 5) is 22.2. The number of benzene rings is 1. The number of anilines is 1. The normalized spacial score (nSPS) is 11.9. The number of nitrogens with one attached hydrogen (secondary N) is 2. The first-order chi connectivity index (χ1) is 8.91. The second-order valence-electron chi connectivity index (χ2n) is 3.91. The summed E-state index contributed by atoms with van der Waals surface area (Å²) in [5.74, 6) is -1.25. The molecule has 3 N–H and O–H groups in total. The summed E-state index contributed by atoms with van der Waals surface area (Å²) in [5, 5.41) is 14.7. The molecular formula is C12H14Cl2N2O3. The summed E-state index contributed by atoms with van der Waals surface area (Å²) < 4.78 is 0. The van der Waals surface area contributed by atoms with E-state index in [1.54, 1.807) is 18.2 Å². The van der Waals surface area contributed by atoms with E-state index in [0.717, 1.165) is 0 Å². The van der Waals surface area contributed by atoms with Crippen molar-refractivity contribution in [1.29, 1.82) is 0 Å². The van der Waals surface area contributed by atoms with Gasteiger partial charge in [-0.15, -0.1) is 0 Å². The predicted octanol–water partition coefficient (Wildman–Crippen LogP) is 2.38. The Bertz CT molecular complexity index is 460. The standard InChI is InChI=1S/C12H14Cl2N2O3/c1-7(12(18)19)15-6-5-10(17)16-11-8(13)3-2-4-9(11)14/h2-4,7,15H,5-6H2,1H3,(H,16,17)(H,18,19). The first-order valence-corrected chi connectivity index (χ1v) is 6.37. The van der Waals surface area contributed by atoms with Crippen molar-refractivity contribution in [2.24, 2.45) is 0 Å². The molecule has 1 aromatic rings. The van der Waals surface area contributed by atoms with E-state index in [0.29, 0.717) is 15.7 Å². The van der Waals surface area contributed by atoms with E-state index in [9.17, 15) is 9.59 Å². The summed E-state index contributed by atoms with van der Waals surface area (Å²) in [6.07, 6.45) is 0.124. The average molecular weight is 305 g/mol. The first-order valence-electron chi connectivity index (χ1n) is 5.62. The number of para-hydroxylation sites is 1. The Balaban J connectivity index is 2.46. The van der Waals surface area contributed by atoms with E-state index in [2.05, 4.69) is 10.6 Å². The number of amides is 1. The van der Waals surface area contributed by atoms with Crippen LogP contribution in [0.3, 0.4) is 0 Å². The van der Waals surface area contributed by atoms with Gasteiger partial charge in [-0.25, -0.2) is 0 Å². The minimum absolute atomic E-state index is 0.124. The van der Waals surface area contributed by atoms with Gasteiger partial charge in [0.15, 0.2) is 0 Å². The van der Waals surface area contributed by atoms with Crippen molar-refractivity contribution in [2.75, 3.05) is 11.9 Å². The number of carbonyl (C=O) groups excluding carboxylic acids is 1. The van der Waals surface area contributed by atoms with Crippen LogP contribution in [0.4, 0.5) is 5.69 Å². The lowest BCUT2D eigenvalue weighted by Gasteiger charge is -2.11. The van der Waals surface area contributed by atoms with Crippen LogP contribution in [0.2, 0.25) is 10.0 Å². The van der Waals surface area contributed by atoms with Crippen LogP contribution < -0.4 is 10.6 Å². The van der Waals surface area contributed by atoms with Crippen molar-refractivity contribution in [3.05, 3.63) is 28.2 Å². The summed E-state index contributed by atoms with van der Waals surface area (Å²) >= 11 is 11.8. The maximum Gasteiger partial charge on any atom is 0.320 e. The van der Waals surface area contributed by atoms with Crippen molar-refractivity contribution in [3.8, 4) is 0 Å². The molecule has 1 atom stereocenters. The van der Waals surface area contributed by atoms with Crippen molar-refractivity contribution < 1.29 is 14.7 Å². The Morgan fingerprint density at radius 3 is 2.42 bits per heavy atom. The van der Waals surface area contributed by atoms with Gasteiger partial charge in [0.2, 0.25) is 5.91 Å². The average Bonchev–Trinajstić information content (AvgIpc) is 2.33. The molecule has 0 fully saturated rings. The van der Waals surface area contributed by atoms with Crippen LogP contribution in [-0.4, -0.2) is 29.6 Å². The van der Waals surface area contributed by atoms with Crippen LogP contribution in [0.15, 0.2) is 18.2 Å². The maximum absolute atomic E-state index is 11.7. The third-order valence-corrected chi connectivity index (χ3v) is 3.03. The van der Waals surface area contributed by atoms with Gasteiger partial charge in [0.1, 0.15) is 6.04 Å². The zero-order valence-corrected chi connectivity index (χ0v) is 11.8. The lowest BCUT2D eigenvalue weighted by Crippen LogP contribution is -2.35. The zero-order chi connectivity index (χ0) is 14.4. The van der Waals surface area contributed by atoms with Crippen LogP contribution in [0.25, 0.3) is 0 Å². The summed E-state index contributed by atoms with van der Waals surface area (Å²) in [6.45, 7) is 1.76. The number of carboxylic acid groups (broad SMARTS) is 1. The molecule has 0 aliphatic heterocycles. The molecule has 0 saturated heterocycles. The molecule has 0 aliphatic rings. The van der Waals surface area contributed by atoms with E-state index in [1.807, 2.05) is 0 Å². The number of carbonyl (C=O) groups is 2. The van der Waals surface area contributed by atoms with Crippen LogP contribution >= 0.6 is 23.2 Å². The number of aliphatic carboxylic acids is 1. The van der Waals surface area contributed by atoms with E-state index in [-0.39, 0.29) is 18.9 Å². The Morgan fingerprint density at radius 2 is 1.89 bits per heavy atom. The topological polar surface area (TPSA) is 78.4 Å². The third kappa shape index (κ3) is 5.06. The van der Waals surface area contributed by atoms with Gasteiger partial charge in [-0.1, -0.05) is 29.3 Å². The summed E-state index contributed by atoms with van der Waals surface area (Å²) in [6, 6.07) is 4.22. The molecule has 0 bridgehead atoms. The molecule has 7 heteroatoms. The van der Waals surface area contributed by atoms with E-state index >= 15 is 0 Å². The van der Waals surface area contributed by atoms with Gasteiger partial charge in [-0.05, 0) is 19.1 Å². The molecule has 5 nitrogen and oxygen atoms in total. The number of hydrogen-bond donors (Lipinski definition) is 3. The highest BCUT2D eigenvalue weighted by atomic mass is 35.5. The second kappa shape index (κ2) is 7.33. The predicted molar refractivity (Wildman–Crippen MR) is 74.8 cm³/mol. The SMILES string of the molecule is CC(NCCC(=O)Nc1c(Cl)cccc1Cl)C(=O)O. The van der Waals surface area contributed by atoms with Gasteiger partial charge in [0, 0.05) is 13.0 Å². The molecule has 0 aliphatic carbocycles. The minimum atomic E-state index is -0.963. The molecule has 0 saturated carbocycles. The van der Waals surface area contributed by atoms with Gasteiger partial charge in [0.25, 0.3) is 0 Å². The Morgan fingerprint density at radius 1 is 1.32 bits per heavy atom. The second-order valence-corrected chi connectivity index (χ2v) is 4.72. The molecule has 0 heterocycles. The Hall–Kier alpha value is -1.30. The Labute approximate surface area is 120 Å². The minimum Gasteiger partial charge on any atom is -0.480 e. The highest BCUT2D eigenvalue weighted by molar-refractivity contribution is 6.39. The van der Waals surface area contributed by atoms with E-state index < -0.39 is 12.0 Å². The van der Waals surface area contributed by atoms with Crippen LogP contribution in [0.5, 0.6) is 0 Å². The summed E-state index contributed by atoms with van der Waals surface area (Å²) in [7, 11) is 0. The van der Waals surface area contributed by atoms with Crippen molar-refractivity contribution >= 4 is 40.8 Å². The molecule has 0 spiro atoms. The lowest BCUT2D eigenvalue weighted by atomic mass is 10.3. The van der Waals surface area contributed by atoms with E-state index in [4.69, 9.17) is 28.3 Å². The van der Waals surface area contributed by atoms with Crippen molar-refractivity contribution in [3.63, 3.8) is 0 Å². The van der Waals surface area contributed by atoms with Gasteiger partial charge in [0.05, 0.1) is 15.7 Å². The molecular weight excluding hydrogens is 291 g/mol. The fourth-order valence-electron chi connectivity index (χ4n) is 1.31. The third-order valence-electron chi connectivity index (χ3n) is 2.40. The largest absolute Gasteiger partial charge is 0.480 e. The first kappa shape index (κ1) is 15.8. The maximum atomic E-state index is 11.7. The van der Waals surface area contributed by atoms with Gasteiger partial charge in [-0.2, -0.15) is 0 Å². The highest BCUT2D eigenvalue weighted by Gasteiger charge is 2.12. The number of carboxylic acids is 1. The molecule has 19 heavy (non-hydrogen) atoms. The number of rotatable bonds is 6. The fraction of sp³-hybridized carbons (Fsp3) is 0.333. The fourth-order valence-corrected chi connectivity index (χ4v) is 1.80. The molecule has 1 aromatic carbocycles. The number of hydrogen-bond acceptors (Lipinski definition) is 3. The molecule has 1 unspecified atom stereocenters. The van der Waals surface area contributed by atoms with Crippen molar-refractivity contribution in [1.82, 2.24) is 5.32 Å². The van der Waals surface area contributed by atoms with Crippen LogP contribution in [0.1, 0.15) is 13.3 Å². The van der Waals surface area contributed by atoms with Crippen LogP contribution in [-0.2, 0) is 9.59 Å². The zero-order valence-electron chi connectivity index (χ0n) is 10.2. The highest BCUT2D eigenvalue weighted by Crippen LogP contribution is 2.29. The van der Waals surface area contributed by atoms with Crippen LogP contribution in [0, 0.1) is 0 Å². The molecule has 0 aromatic heterocycles. The molecule has 1 rings (SSSR count). The van der Waals surface area contributed by atoms with E-state index in [1.165, 1.54) is 6.92 Å². The molecule has 1 amide bonds. The monoisotopic (exact) mass is 304 g/mol. The summed E-state index contributed by atoms with van der Waals surface area (Å²) in [5.41, 5.74) is 0.363.